The zero-order valence-corrected chi connectivity index (χ0v) is 19.3. The highest BCUT2D eigenvalue weighted by Crippen LogP contribution is 2.19. The number of hydrazine groups is 1. The predicted molar refractivity (Wildman–Crippen MR) is 125 cm³/mol. The van der Waals surface area contributed by atoms with Crippen molar-refractivity contribution in [2.45, 2.75) is 129 Å². The highest BCUT2D eigenvalue weighted by atomic mass is 15.5. The Kier molecular flexibility index (Phi) is 17.1. The molecule has 0 saturated carbocycles. The van der Waals surface area contributed by atoms with Crippen LogP contribution in [0.25, 0.3) is 0 Å². The maximum Gasteiger partial charge on any atom is 0.0756 e. The van der Waals surface area contributed by atoms with E-state index >= 15 is 0 Å². The Labute approximate surface area is 177 Å². The molecule has 1 atom stereocenters. The van der Waals surface area contributed by atoms with Gasteiger partial charge in [0, 0.05) is 13.1 Å². The van der Waals surface area contributed by atoms with Gasteiger partial charge in [0.25, 0.3) is 0 Å². The summed E-state index contributed by atoms with van der Waals surface area (Å²) in [5.74, 6) is 6.19. The lowest BCUT2D eigenvalue weighted by molar-refractivity contribution is 0.123. The van der Waals surface area contributed by atoms with Crippen molar-refractivity contribution in [3.8, 4) is 0 Å². The molecule has 1 fully saturated rings. The summed E-state index contributed by atoms with van der Waals surface area (Å²) in [6.07, 6.45) is 28.5. The monoisotopic (exact) mass is 393 g/mol. The zero-order valence-electron chi connectivity index (χ0n) is 19.3. The largest absolute Gasteiger partial charge is 0.286 e. The second kappa shape index (κ2) is 18.6. The highest BCUT2D eigenvalue weighted by molar-refractivity contribution is 4.81. The van der Waals surface area contributed by atoms with Gasteiger partial charge in [0.1, 0.15) is 0 Å². The van der Waals surface area contributed by atoms with Crippen LogP contribution in [-0.4, -0.2) is 35.7 Å². The van der Waals surface area contributed by atoms with Gasteiger partial charge in [-0.05, 0) is 45.1 Å². The molecule has 0 aromatic rings. The van der Waals surface area contributed by atoms with Gasteiger partial charge >= 0.3 is 0 Å². The van der Waals surface area contributed by atoms with Crippen molar-refractivity contribution in [2.24, 2.45) is 5.84 Å². The van der Waals surface area contributed by atoms with E-state index in [0.29, 0.717) is 6.17 Å². The molecule has 2 N–H and O–H groups in total. The lowest BCUT2D eigenvalue weighted by Gasteiger charge is -2.27. The molecule has 0 aromatic carbocycles. The van der Waals surface area contributed by atoms with Gasteiger partial charge in [-0.2, -0.15) is 0 Å². The first-order chi connectivity index (χ1) is 13.8. The van der Waals surface area contributed by atoms with Crippen LogP contribution in [0.15, 0.2) is 12.2 Å². The van der Waals surface area contributed by atoms with E-state index in [2.05, 4.69) is 35.9 Å². The fourth-order valence-electron chi connectivity index (χ4n) is 4.30. The summed E-state index contributed by atoms with van der Waals surface area (Å²) in [4.78, 5) is 2.60. The lowest BCUT2D eigenvalue weighted by atomic mass is 10.1. The lowest BCUT2D eigenvalue weighted by Crippen LogP contribution is -2.42. The van der Waals surface area contributed by atoms with Crippen LogP contribution in [-0.2, 0) is 0 Å². The van der Waals surface area contributed by atoms with E-state index in [0.717, 1.165) is 13.1 Å². The summed E-state index contributed by atoms with van der Waals surface area (Å²) in [6.45, 7) is 7.99. The van der Waals surface area contributed by atoms with Gasteiger partial charge in [-0.1, -0.05) is 96.6 Å². The molecule has 1 saturated heterocycles. The number of allylic oxidation sites excluding steroid dienone is 2. The molecule has 0 bridgehead atoms. The first-order valence-electron chi connectivity index (χ1n) is 12.7. The molecule has 1 unspecified atom stereocenters. The molecule has 0 amide bonds. The molecule has 166 valence electrons. The Morgan fingerprint density at radius 1 is 0.679 bits per heavy atom. The van der Waals surface area contributed by atoms with Crippen molar-refractivity contribution in [1.29, 1.82) is 0 Å². The maximum atomic E-state index is 6.19. The smallest absolute Gasteiger partial charge is 0.0756 e. The number of unbranched alkanes of at least 4 members (excludes halogenated alkanes) is 13. The molecule has 1 rings (SSSR count). The number of rotatable bonds is 19. The Balaban J connectivity index is 1.86. The Hall–Kier alpha value is -0.380. The average Bonchev–Trinajstić information content (AvgIpc) is 3.05. The molecule has 28 heavy (non-hydrogen) atoms. The van der Waals surface area contributed by atoms with Crippen LogP contribution >= 0.6 is 0 Å². The number of hydrogen-bond donors (Lipinski definition) is 1. The highest BCUT2D eigenvalue weighted by Gasteiger charge is 2.28. The average molecular weight is 394 g/mol. The minimum absolute atomic E-state index is 0.503. The fraction of sp³-hybridized carbons (Fsp3) is 0.920. The van der Waals surface area contributed by atoms with Crippen LogP contribution < -0.4 is 5.84 Å². The van der Waals surface area contributed by atoms with Crippen molar-refractivity contribution in [3.63, 3.8) is 0 Å². The summed E-state index contributed by atoms with van der Waals surface area (Å²) in [5, 5.41) is 2.08. The Morgan fingerprint density at radius 3 is 1.82 bits per heavy atom. The van der Waals surface area contributed by atoms with Crippen LogP contribution in [0.3, 0.4) is 0 Å². The topological polar surface area (TPSA) is 32.5 Å². The van der Waals surface area contributed by atoms with Crippen LogP contribution in [0.4, 0.5) is 0 Å². The van der Waals surface area contributed by atoms with Crippen molar-refractivity contribution < 1.29 is 0 Å². The van der Waals surface area contributed by atoms with E-state index in [1.807, 2.05) is 0 Å². The van der Waals surface area contributed by atoms with Crippen molar-refractivity contribution in [3.05, 3.63) is 12.2 Å². The standard InChI is InChI=1S/C25H51N3/c1-3-5-7-8-9-10-11-12-13-14-15-16-17-18-19-20-21-25-27(22-6-4-2)23-24-28(25)26/h12-13,25H,3-11,14-24,26H2,1-2H3. The summed E-state index contributed by atoms with van der Waals surface area (Å²) < 4.78 is 0. The van der Waals surface area contributed by atoms with Gasteiger partial charge in [-0.25, -0.2) is 5.01 Å². The number of hydrogen-bond acceptors (Lipinski definition) is 3. The SMILES string of the molecule is CCCCCCCCC=CCCCCCCCCC1N(N)CCN1CCCC. The van der Waals surface area contributed by atoms with Crippen LogP contribution in [0.5, 0.6) is 0 Å². The van der Waals surface area contributed by atoms with E-state index < -0.39 is 0 Å². The third kappa shape index (κ3) is 13.0. The van der Waals surface area contributed by atoms with Crippen LogP contribution in [0.1, 0.15) is 123 Å². The van der Waals surface area contributed by atoms with Crippen molar-refractivity contribution in [2.75, 3.05) is 19.6 Å². The minimum atomic E-state index is 0.503. The van der Waals surface area contributed by atoms with Gasteiger partial charge in [0.05, 0.1) is 6.17 Å². The van der Waals surface area contributed by atoms with Gasteiger partial charge in [-0.3, -0.25) is 10.7 Å². The summed E-state index contributed by atoms with van der Waals surface area (Å²) in [5.41, 5.74) is 0. The molecule has 3 nitrogen and oxygen atoms in total. The molecule has 0 aliphatic carbocycles. The quantitative estimate of drug-likeness (QED) is 0.145. The molecule has 1 heterocycles. The molecular formula is C25H51N3. The van der Waals surface area contributed by atoms with E-state index in [-0.39, 0.29) is 0 Å². The van der Waals surface area contributed by atoms with Crippen molar-refractivity contribution >= 4 is 0 Å². The van der Waals surface area contributed by atoms with Crippen LogP contribution in [0.2, 0.25) is 0 Å². The second-order valence-electron chi connectivity index (χ2n) is 8.83. The van der Waals surface area contributed by atoms with E-state index in [9.17, 15) is 0 Å². The first kappa shape index (κ1) is 25.7. The summed E-state index contributed by atoms with van der Waals surface area (Å²) in [7, 11) is 0. The molecule has 0 aromatic heterocycles. The third-order valence-electron chi connectivity index (χ3n) is 6.22. The Morgan fingerprint density at radius 2 is 1.21 bits per heavy atom. The van der Waals surface area contributed by atoms with Gasteiger partial charge in [0.2, 0.25) is 0 Å². The van der Waals surface area contributed by atoms with Gasteiger partial charge in [0.15, 0.2) is 0 Å². The molecule has 1 aliphatic rings. The molecular weight excluding hydrogens is 342 g/mol. The van der Waals surface area contributed by atoms with E-state index in [1.165, 1.54) is 116 Å². The zero-order chi connectivity index (χ0) is 20.3. The first-order valence-corrected chi connectivity index (χ1v) is 12.7. The summed E-state index contributed by atoms with van der Waals surface area (Å²) >= 11 is 0. The predicted octanol–water partition coefficient (Wildman–Crippen LogP) is 7.03. The van der Waals surface area contributed by atoms with Gasteiger partial charge in [-0.15, -0.1) is 0 Å². The normalized spacial score (nSPS) is 18.6. The molecule has 3 heteroatoms. The molecule has 1 aliphatic heterocycles. The number of nitrogens with two attached hydrogens (primary N) is 1. The maximum absolute atomic E-state index is 6.19. The Bertz CT molecular complexity index is 356. The van der Waals surface area contributed by atoms with E-state index in [1.54, 1.807) is 0 Å². The molecule has 0 radical (unpaired) electrons. The molecule has 0 spiro atoms. The van der Waals surface area contributed by atoms with Crippen LogP contribution in [0, 0.1) is 0 Å². The third-order valence-corrected chi connectivity index (χ3v) is 6.22. The fourth-order valence-corrected chi connectivity index (χ4v) is 4.30. The minimum Gasteiger partial charge on any atom is -0.286 e. The van der Waals surface area contributed by atoms with Crippen molar-refractivity contribution in [1.82, 2.24) is 9.91 Å². The summed E-state index contributed by atoms with van der Waals surface area (Å²) in [6, 6.07) is 0. The number of nitrogens with zero attached hydrogens (tertiary/aromatic N) is 2. The second-order valence-corrected chi connectivity index (χ2v) is 8.83. The van der Waals surface area contributed by atoms with E-state index in [4.69, 9.17) is 5.84 Å². The van der Waals surface area contributed by atoms with Gasteiger partial charge < -0.3 is 0 Å².